The summed E-state index contributed by atoms with van der Waals surface area (Å²) in [6.45, 7) is 2.03. The van der Waals surface area contributed by atoms with Crippen molar-refractivity contribution in [3.63, 3.8) is 0 Å². The molecule has 0 amide bonds. The molecule has 10 heteroatoms. The van der Waals surface area contributed by atoms with Gasteiger partial charge in [0.1, 0.15) is 14.1 Å². The molecular formula is C18H19N3O4S3. The van der Waals surface area contributed by atoms with E-state index in [1.807, 2.05) is 37.3 Å². The van der Waals surface area contributed by atoms with Gasteiger partial charge in [-0.3, -0.25) is 0 Å². The fourth-order valence-electron chi connectivity index (χ4n) is 3.26. The molecule has 1 aliphatic carbocycles. The first-order valence-electron chi connectivity index (χ1n) is 8.59. The summed E-state index contributed by atoms with van der Waals surface area (Å²) < 4.78 is 53.1. The van der Waals surface area contributed by atoms with Gasteiger partial charge in [0.25, 0.3) is 0 Å². The van der Waals surface area contributed by atoms with Gasteiger partial charge < -0.3 is 0 Å². The maximum Gasteiger partial charge on any atom is 0.250 e. The van der Waals surface area contributed by atoms with Gasteiger partial charge in [-0.2, -0.15) is 5.10 Å². The largest absolute Gasteiger partial charge is 0.250 e. The van der Waals surface area contributed by atoms with Crippen LogP contribution in [0.2, 0.25) is 0 Å². The van der Waals surface area contributed by atoms with Crippen molar-refractivity contribution < 1.29 is 16.8 Å². The van der Waals surface area contributed by atoms with Crippen LogP contribution in [0, 0.1) is 5.92 Å². The molecule has 1 aliphatic rings. The second-order valence-corrected chi connectivity index (χ2v) is 11.9. The zero-order valence-corrected chi connectivity index (χ0v) is 17.6. The summed E-state index contributed by atoms with van der Waals surface area (Å²) in [6.07, 6.45) is 3.72. The lowest BCUT2D eigenvalue weighted by Crippen LogP contribution is -2.27. The van der Waals surface area contributed by atoms with E-state index in [1.54, 1.807) is 6.07 Å². The molecule has 148 valence electrons. The van der Waals surface area contributed by atoms with E-state index in [4.69, 9.17) is 0 Å². The smallest absolute Gasteiger partial charge is 0.229 e. The van der Waals surface area contributed by atoms with E-state index in [2.05, 4.69) is 9.82 Å². The normalized spacial score (nSPS) is 22.3. The lowest BCUT2D eigenvalue weighted by Gasteiger charge is -2.04. The Labute approximate surface area is 168 Å². The third-order valence-corrected chi connectivity index (χ3v) is 8.99. The van der Waals surface area contributed by atoms with Gasteiger partial charge in [0.05, 0.1) is 12.4 Å². The predicted octanol–water partition coefficient (Wildman–Crippen LogP) is 2.42. The van der Waals surface area contributed by atoms with Crippen molar-refractivity contribution in [1.29, 1.82) is 0 Å². The van der Waals surface area contributed by atoms with E-state index in [1.165, 1.54) is 23.1 Å². The van der Waals surface area contributed by atoms with E-state index >= 15 is 0 Å². The van der Waals surface area contributed by atoms with Crippen LogP contribution in [0.5, 0.6) is 0 Å². The van der Waals surface area contributed by atoms with Crippen LogP contribution in [0.4, 0.5) is 0 Å². The maximum atomic E-state index is 12.8. The number of aromatic nitrogens is 2. The highest BCUT2D eigenvalue weighted by atomic mass is 32.2. The molecule has 4 rings (SSSR count). The Morgan fingerprint density at radius 1 is 1.07 bits per heavy atom. The Morgan fingerprint density at radius 3 is 2.43 bits per heavy atom. The Balaban J connectivity index is 1.53. The quantitative estimate of drug-likeness (QED) is 0.639. The molecular weight excluding hydrogens is 418 g/mol. The Kier molecular flexibility index (Phi) is 4.69. The van der Waals surface area contributed by atoms with Gasteiger partial charge >= 0.3 is 0 Å². The van der Waals surface area contributed by atoms with Crippen LogP contribution in [0.15, 0.2) is 64.0 Å². The molecule has 1 saturated carbocycles. The number of benzene rings is 1. The summed E-state index contributed by atoms with van der Waals surface area (Å²) >= 11 is 1.04. The number of sulfonamides is 1. The predicted molar refractivity (Wildman–Crippen MR) is 107 cm³/mol. The fraction of sp³-hybridized carbons (Fsp3) is 0.278. The van der Waals surface area contributed by atoms with E-state index in [9.17, 15) is 16.8 Å². The average molecular weight is 438 g/mol. The van der Waals surface area contributed by atoms with Crippen molar-refractivity contribution in [2.45, 2.75) is 28.0 Å². The van der Waals surface area contributed by atoms with Crippen molar-refractivity contribution in [3.05, 3.63) is 60.4 Å². The molecule has 3 aromatic rings. The Bertz CT molecular complexity index is 1210. The first kappa shape index (κ1) is 19.3. The van der Waals surface area contributed by atoms with Gasteiger partial charge in [-0.05, 0) is 23.6 Å². The third kappa shape index (κ3) is 3.64. The summed E-state index contributed by atoms with van der Waals surface area (Å²) in [5.74, 6) is 0.388. The molecule has 1 N–H and O–H groups in total. The van der Waals surface area contributed by atoms with E-state index in [0.717, 1.165) is 23.2 Å². The van der Waals surface area contributed by atoms with Crippen molar-refractivity contribution in [3.8, 4) is 5.00 Å². The number of sulfone groups is 1. The van der Waals surface area contributed by atoms with Gasteiger partial charge in [0, 0.05) is 18.2 Å². The Hall–Kier alpha value is -2.01. The first-order valence-corrected chi connectivity index (χ1v) is 12.8. The molecule has 7 nitrogen and oxygen atoms in total. The van der Waals surface area contributed by atoms with Crippen LogP contribution >= 0.6 is 11.3 Å². The highest BCUT2D eigenvalue weighted by Gasteiger charge is 2.49. The van der Waals surface area contributed by atoms with E-state index in [0.29, 0.717) is 5.00 Å². The molecule has 1 fully saturated rings. The molecule has 1 aromatic carbocycles. The lowest BCUT2D eigenvalue weighted by atomic mass is 10.1. The summed E-state index contributed by atoms with van der Waals surface area (Å²) in [4.78, 5) is 0.0842. The summed E-state index contributed by atoms with van der Waals surface area (Å²) in [5, 5.41) is 4.54. The fourth-order valence-corrected chi connectivity index (χ4v) is 6.39. The van der Waals surface area contributed by atoms with Gasteiger partial charge in [-0.25, -0.2) is 26.2 Å². The van der Waals surface area contributed by atoms with Gasteiger partial charge in [0.2, 0.25) is 10.0 Å². The topological polar surface area (TPSA) is 98.1 Å². The van der Waals surface area contributed by atoms with Gasteiger partial charge in [0.15, 0.2) is 9.84 Å². The Morgan fingerprint density at radius 2 is 1.79 bits per heavy atom. The highest BCUT2D eigenvalue weighted by molar-refractivity contribution is 7.91. The van der Waals surface area contributed by atoms with Crippen molar-refractivity contribution in [2.75, 3.05) is 6.26 Å². The number of thiophene rings is 1. The zero-order chi connectivity index (χ0) is 20.1. The molecule has 3 atom stereocenters. The number of hydrogen-bond donors (Lipinski definition) is 1. The minimum atomic E-state index is -3.67. The lowest BCUT2D eigenvalue weighted by molar-refractivity contribution is 0.580. The number of hydrogen-bond acceptors (Lipinski definition) is 6. The average Bonchev–Trinajstić information content (AvgIpc) is 3.10. The van der Waals surface area contributed by atoms with Crippen molar-refractivity contribution in [2.24, 2.45) is 5.92 Å². The van der Waals surface area contributed by atoms with Crippen LogP contribution < -0.4 is 4.72 Å². The van der Waals surface area contributed by atoms with Crippen LogP contribution in [-0.4, -0.2) is 38.9 Å². The summed E-state index contributed by atoms with van der Waals surface area (Å²) in [5.41, 5.74) is 1.12. The minimum absolute atomic E-state index is 0.0842. The molecule has 0 radical (unpaired) electrons. The SMILES string of the molecule is C[C@H]1[C@H](NS(=O)(=O)c2ccc(-n3cc(S(C)(=O)=O)cn3)s2)[C@H]1c1ccccc1. The monoisotopic (exact) mass is 437 g/mol. The van der Waals surface area contributed by atoms with E-state index < -0.39 is 19.9 Å². The second-order valence-electron chi connectivity index (χ2n) is 6.93. The molecule has 28 heavy (non-hydrogen) atoms. The highest BCUT2D eigenvalue weighted by Crippen LogP contribution is 2.48. The second kappa shape index (κ2) is 6.80. The van der Waals surface area contributed by atoms with Crippen LogP contribution in [0.3, 0.4) is 0 Å². The molecule has 2 aromatic heterocycles. The standard InChI is InChI=1S/C18H19N3O4S3/c1-12-17(13-6-4-3-5-7-13)18(12)20-28(24,25)16-9-8-15(26-16)21-11-14(10-19-21)27(2,22)23/h3-12,17-18,20H,1-2H3/t12-,17-,18+/m1/s1. The molecule has 0 spiro atoms. The van der Waals surface area contributed by atoms with Gasteiger partial charge in [-0.15, -0.1) is 11.3 Å². The first-order chi connectivity index (χ1) is 13.2. The third-order valence-electron chi connectivity index (χ3n) is 4.90. The van der Waals surface area contributed by atoms with Crippen LogP contribution in [0.25, 0.3) is 5.00 Å². The van der Waals surface area contributed by atoms with Crippen LogP contribution in [-0.2, 0) is 19.9 Å². The molecule has 2 heterocycles. The maximum absolute atomic E-state index is 12.8. The minimum Gasteiger partial charge on any atom is -0.229 e. The number of nitrogens with one attached hydrogen (secondary N) is 1. The molecule has 0 aliphatic heterocycles. The zero-order valence-electron chi connectivity index (χ0n) is 15.2. The van der Waals surface area contributed by atoms with Crippen molar-refractivity contribution >= 4 is 31.2 Å². The summed E-state index contributed by atoms with van der Waals surface area (Å²) in [6, 6.07) is 12.8. The number of nitrogens with zero attached hydrogens (tertiary/aromatic N) is 2. The molecule has 0 saturated heterocycles. The van der Waals surface area contributed by atoms with Gasteiger partial charge in [-0.1, -0.05) is 37.3 Å². The number of rotatable bonds is 6. The van der Waals surface area contributed by atoms with E-state index in [-0.39, 0.29) is 27.0 Å². The molecule has 0 bridgehead atoms. The molecule has 0 unspecified atom stereocenters. The van der Waals surface area contributed by atoms with Crippen molar-refractivity contribution in [1.82, 2.24) is 14.5 Å². The summed E-state index contributed by atoms with van der Waals surface area (Å²) in [7, 11) is -7.04. The van der Waals surface area contributed by atoms with Crippen LogP contribution in [0.1, 0.15) is 18.4 Å².